The van der Waals surface area contributed by atoms with Crippen LogP contribution in [0.25, 0.3) is 0 Å². The van der Waals surface area contributed by atoms with Crippen molar-refractivity contribution in [1.29, 1.82) is 0 Å². The van der Waals surface area contributed by atoms with Gasteiger partial charge in [0.05, 0.1) is 17.8 Å². The highest BCUT2D eigenvalue weighted by Gasteiger charge is 2.42. The average Bonchev–Trinajstić information content (AvgIpc) is 3.67. The van der Waals surface area contributed by atoms with Gasteiger partial charge >= 0.3 is 0 Å². The molecular weight excluding hydrogens is 522 g/mol. The summed E-state index contributed by atoms with van der Waals surface area (Å²) < 4.78 is 12.6. The Labute approximate surface area is 231 Å². The third-order valence-electron chi connectivity index (χ3n) is 6.74. The van der Waals surface area contributed by atoms with Gasteiger partial charge in [-0.3, -0.25) is 4.98 Å². The molecule has 2 aromatic heterocycles. The number of aromatic nitrogens is 1. The molecule has 0 bridgehead atoms. The van der Waals surface area contributed by atoms with Gasteiger partial charge < -0.3 is 19.4 Å². The molecule has 0 amide bonds. The van der Waals surface area contributed by atoms with Crippen LogP contribution in [0.3, 0.4) is 0 Å². The number of hydrogen-bond donors (Lipinski definition) is 1. The van der Waals surface area contributed by atoms with Crippen LogP contribution >= 0.6 is 35.6 Å². The summed E-state index contributed by atoms with van der Waals surface area (Å²) in [5.41, 5.74) is 1.88. The van der Waals surface area contributed by atoms with Crippen LogP contribution in [0.2, 0.25) is 5.02 Å². The number of nitrogens with one attached hydrogen (secondary N) is 1. The first kappa shape index (κ1) is 24.3. The highest BCUT2D eigenvalue weighted by Crippen LogP contribution is 2.43. The number of furan rings is 1. The molecule has 2 fully saturated rings. The first-order valence-electron chi connectivity index (χ1n) is 12.4. The van der Waals surface area contributed by atoms with Crippen LogP contribution in [-0.2, 0) is 0 Å². The first-order chi connectivity index (χ1) is 18.1. The SMILES string of the molecule is S=C1N[C@H](c2ccccn2)[C@H](c2ccc(Sc3ccc(Cl)cc3)o2)N1c1ccc(OC2CCCC2)cc1. The van der Waals surface area contributed by atoms with E-state index in [1.165, 1.54) is 12.8 Å². The van der Waals surface area contributed by atoms with Crippen molar-refractivity contribution in [3.8, 4) is 5.75 Å². The molecule has 2 aliphatic rings. The van der Waals surface area contributed by atoms with Gasteiger partial charge in [0.15, 0.2) is 10.2 Å². The van der Waals surface area contributed by atoms with E-state index in [9.17, 15) is 0 Å². The number of benzene rings is 2. The van der Waals surface area contributed by atoms with E-state index in [1.54, 1.807) is 18.0 Å². The molecule has 6 rings (SSSR count). The summed E-state index contributed by atoms with van der Waals surface area (Å²) in [6.45, 7) is 0. The normalized spacial score (nSPS) is 19.8. The van der Waals surface area contributed by atoms with Gasteiger partial charge in [-0.15, -0.1) is 0 Å². The van der Waals surface area contributed by atoms with Crippen LogP contribution in [0.1, 0.15) is 49.2 Å². The Morgan fingerprint density at radius 3 is 2.49 bits per heavy atom. The topological polar surface area (TPSA) is 50.5 Å². The van der Waals surface area contributed by atoms with Gasteiger partial charge in [0.1, 0.15) is 17.6 Å². The summed E-state index contributed by atoms with van der Waals surface area (Å²) in [6, 6.07) is 25.5. The largest absolute Gasteiger partial charge is 0.490 e. The molecule has 0 spiro atoms. The van der Waals surface area contributed by atoms with E-state index in [4.69, 9.17) is 33.0 Å². The molecule has 1 aliphatic carbocycles. The van der Waals surface area contributed by atoms with Crippen molar-refractivity contribution in [2.75, 3.05) is 4.90 Å². The lowest BCUT2D eigenvalue weighted by Crippen LogP contribution is -2.29. The predicted molar refractivity (Wildman–Crippen MR) is 152 cm³/mol. The van der Waals surface area contributed by atoms with Gasteiger partial charge in [-0.05, 0) is 111 Å². The van der Waals surface area contributed by atoms with Crippen molar-refractivity contribution in [2.24, 2.45) is 0 Å². The zero-order valence-electron chi connectivity index (χ0n) is 20.0. The van der Waals surface area contributed by atoms with Gasteiger partial charge in [0.25, 0.3) is 0 Å². The van der Waals surface area contributed by atoms with Crippen molar-refractivity contribution in [3.63, 3.8) is 0 Å². The van der Waals surface area contributed by atoms with Crippen LogP contribution in [0, 0.1) is 0 Å². The maximum atomic E-state index is 6.40. The van der Waals surface area contributed by atoms with E-state index in [0.29, 0.717) is 16.2 Å². The Bertz CT molecular complexity index is 1360. The fourth-order valence-electron chi connectivity index (χ4n) is 4.97. The van der Waals surface area contributed by atoms with Crippen molar-refractivity contribution in [3.05, 3.63) is 102 Å². The van der Waals surface area contributed by atoms with E-state index >= 15 is 0 Å². The molecule has 2 aromatic carbocycles. The molecule has 37 heavy (non-hydrogen) atoms. The minimum Gasteiger partial charge on any atom is -0.490 e. The van der Waals surface area contributed by atoms with Gasteiger partial charge in [-0.1, -0.05) is 29.4 Å². The number of hydrogen-bond acceptors (Lipinski definition) is 5. The lowest BCUT2D eigenvalue weighted by Gasteiger charge is -2.26. The number of pyridine rings is 1. The number of rotatable bonds is 7. The van der Waals surface area contributed by atoms with E-state index in [1.807, 2.05) is 66.7 Å². The fourth-order valence-corrected chi connectivity index (χ4v) is 6.22. The third kappa shape index (κ3) is 5.35. The summed E-state index contributed by atoms with van der Waals surface area (Å²) in [5, 5.41) is 5.63. The Morgan fingerprint density at radius 2 is 1.76 bits per heavy atom. The first-order valence-corrected chi connectivity index (χ1v) is 14.0. The Kier molecular flexibility index (Phi) is 7.09. The summed E-state index contributed by atoms with van der Waals surface area (Å²) in [7, 11) is 0. The van der Waals surface area contributed by atoms with Crippen LogP contribution < -0.4 is 15.0 Å². The molecule has 0 unspecified atom stereocenters. The van der Waals surface area contributed by atoms with Gasteiger partial charge in [-0.25, -0.2) is 0 Å². The molecule has 1 N–H and O–H groups in total. The van der Waals surface area contributed by atoms with Crippen LogP contribution in [-0.4, -0.2) is 16.2 Å². The number of thiocarbonyl (C=S) groups is 1. The van der Waals surface area contributed by atoms with Crippen molar-refractivity contribution in [2.45, 2.75) is 53.9 Å². The average molecular weight is 548 g/mol. The molecular formula is C29H26ClN3O2S2. The highest BCUT2D eigenvalue weighted by atomic mass is 35.5. The van der Waals surface area contributed by atoms with E-state index in [0.717, 1.165) is 45.7 Å². The number of anilines is 1. The van der Waals surface area contributed by atoms with E-state index < -0.39 is 0 Å². The maximum absolute atomic E-state index is 6.40. The molecule has 4 aromatic rings. The molecule has 1 aliphatic heterocycles. The van der Waals surface area contributed by atoms with Crippen LogP contribution in [0.15, 0.2) is 99.5 Å². The molecule has 3 heterocycles. The smallest absolute Gasteiger partial charge is 0.174 e. The number of nitrogens with zero attached hydrogens (tertiary/aromatic N) is 2. The van der Waals surface area contributed by atoms with Gasteiger partial charge in [0, 0.05) is 21.8 Å². The lowest BCUT2D eigenvalue weighted by atomic mass is 10.0. The lowest BCUT2D eigenvalue weighted by molar-refractivity contribution is 0.210. The highest BCUT2D eigenvalue weighted by molar-refractivity contribution is 7.99. The van der Waals surface area contributed by atoms with Crippen molar-refractivity contribution >= 4 is 46.4 Å². The Morgan fingerprint density at radius 1 is 0.973 bits per heavy atom. The summed E-state index contributed by atoms with van der Waals surface area (Å²) in [4.78, 5) is 7.80. The molecule has 2 atom stereocenters. The molecule has 1 saturated carbocycles. The minimum atomic E-state index is -0.205. The van der Waals surface area contributed by atoms with Crippen LogP contribution in [0.4, 0.5) is 5.69 Å². The van der Waals surface area contributed by atoms with Crippen LogP contribution in [0.5, 0.6) is 5.75 Å². The molecule has 0 radical (unpaired) electrons. The van der Waals surface area contributed by atoms with Crippen molar-refractivity contribution in [1.82, 2.24) is 10.3 Å². The van der Waals surface area contributed by atoms with E-state index in [2.05, 4.69) is 27.3 Å². The predicted octanol–water partition coefficient (Wildman–Crippen LogP) is 7.98. The zero-order chi connectivity index (χ0) is 25.2. The maximum Gasteiger partial charge on any atom is 0.174 e. The Balaban J connectivity index is 1.30. The quantitative estimate of drug-likeness (QED) is 0.235. The minimum absolute atomic E-state index is 0.164. The van der Waals surface area contributed by atoms with Gasteiger partial charge in [0.2, 0.25) is 0 Å². The second-order valence-corrected chi connectivity index (χ2v) is 11.1. The van der Waals surface area contributed by atoms with Crippen molar-refractivity contribution < 1.29 is 9.15 Å². The van der Waals surface area contributed by atoms with Gasteiger partial charge in [-0.2, -0.15) is 0 Å². The summed E-state index contributed by atoms with van der Waals surface area (Å²) in [6.07, 6.45) is 6.87. The van der Waals surface area contributed by atoms with E-state index in [-0.39, 0.29) is 12.1 Å². The fraction of sp³-hybridized carbons (Fsp3) is 0.241. The number of halogens is 1. The monoisotopic (exact) mass is 547 g/mol. The second-order valence-electron chi connectivity index (χ2n) is 9.23. The zero-order valence-corrected chi connectivity index (χ0v) is 22.4. The third-order valence-corrected chi connectivity index (χ3v) is 8.24. The molecule has 5 nitrogen and oxygen atoms in total. The molecule has 188 valence electrons. The Hall–Kier alpha value is -3.00. The summed E-state index contributed by atoms with van der Waals surface area (Å²) in [5.74, 6) is 1.71. The second kappa shape index (κ2) is 10.8. The summed E-state index contributed by atoms with van der Waals surface area (Å²) >= 11 is 13.5. The molecule has 1 saturated heterocycles. The number of ether oxygens (including phenoxy) is 1. The standard InChI is InChI=1S/C29H26ClN3O2S2/c30-19-8-14-23(15-9-19)37-26-17-16-25(35-26)28-27(24-7-3-4-18-31-24)32-29(36)33(28)20-10-12-22(13-11-20)34-21-5-1-2-6-21/h3-4,7-18,21,27-28H,1-2,5-6H2,(H,32,36)/t27-,28+/m1/s1. The molecule has 8 heteroatoms.